The van der Waals surface area contributed by atoms with E-state index in [4.69, 9.17) is 9.97 Å². The highest BCUT2D eigenvalue weighted by molar-refractivity contribution is 5.84. The number of hydrogen-bond acceptors (Lipinski definition) is 2. The third-order valence-electron chi connectivity index (χ3n) is 11.5. The van der Waals surface area contributed by atoms with E-state index in [-0.39, 0.29) is 5.41 Å². The van der Waals surface area contributed by atoms with Crippen LogP contribution in [0.15, 0.2) is 206 Å². The number of fused-ring (bicyclic) bond motifs is 3. The molecule has 0 unspecified atom stereocenters. The van der Waals surface area contributed by atoms with Gasteiger partial charge in [0.2, 0.25) is 0 Å². The Labute approximate surface area is 334 Å². The maximum atomic E-state index is 5.25. The van der Waals surface area contributed by atoms with Crippen molar-refractivity contribution in [3.8, 4) is 89.5 Å². The first kappa shape index (κ1) is 34.3. The number of aromatic nitrogens is 2. The van der Waals surface area contributed by atoms with E-state index >= 15 is 0 Å². The van der Waals surface area contributed by atoms with Gasteiger partial charge in [0.1, 0.15) is 0 Å². The van der Waals surface area contributed by atoms with Gasteiger partial charge in [-0.25, -0.2) is 9.97 Å². The van der Waals surface area contributed by atoms with Crippen molar-refractivity contribution in [2.45, 2.75) is 19.3 Å². The molecule has 2 heteroatoms. The molecule has 0 spiro atoms. The van der Waals surface area contributed by atoms with Gasteiger partial charge in [-0.3, -0.25) is 0 Å². The predicted molar refractivity (Wildman–Crippen MR) is 238 cm³/mol. The minimum absolute atomic E-state index is 0.0293. The smallest absolute Gasteiger partial charge is 0.160 e. The summed E-state index contributed by atoms with van der Waals surface area (Å²) < 4.78 is 0. The van der Waals surface area contributed by atoms with Crippen LogP contribution in [0.2, 0.25) is 0 Å². The Hall–Kier alpha value is -7.16. The predicted octanol–water partition coefficient (Wildman–Crippen LogP) is 14.5. The first-order valence-corrected chi connectivity index (χ1v) is 19.6. The summed E-state index contributed by atoms with van der Waals surface area (Å²) in [4.78, 5) is 10.5. The van der Waals surface area contributed by atoms with E-state index in [0.29, 0.717) is 5.82 Å². The van der Waals surface area contributed by atoms with E-state index in [1.807, 2.05) is 6.07 Å². The molecule has 9 aromatic rings. The molecule has 1 aliphatic carbocycles. The van der Waals surface area contributed by atoms with E-state index in [1.165, 1.54) is 38.9 Å². The average Bonchev–Trinajstić information content (AvgIpc) is 3.52. The van der Waals surface area contributed by atoms with E-state index in [9.17, 15) is 0 Å². The lowest BCUT2D eigenvalue weighted by Gasteiger charge is -2.22. The summed E-state index contributed by atoms with van der Waals surface area (Å²) in [5.41, 5.74) is 19.7. The fraction of sp³-hybridized carbons (Fsp3) is 0.0545. The molecular formula is C55H40N2. The van der Waals surface area contributed by atoms with E-state index in [1.54, 1.807) is 0 Å². The molecule has 1 aliphatic rings. The third kappa shape index (κ3) is 6.46. The molecule has 0 radical (unpaired) electrons. The highest BCUT2D eigenvalue weighted by Crippen LogP contribution is 2.49. The summed E-state index contributed by atoms with van der Waals surface area (Å²) in [5, 5.41) is 0. The van der Waals surface area contributed by atoms with Crippen LogP contribution < -0.4 is 0 Å². The summed E-state index contributed by atoms with van der Waals surface area (Å²) in [7, 11) is 0. The molecule has 270 valence electrons. The van der Waals surface area contributed by atoms with Gasteiger partial charge in [-0.15, -0.1) is 0 Å². The van der Waals surface area contributed by atoms with Gasteiger partial charge in [-0.1, -0.05) is 190 Å². The Morgan fingerprint density at radius 3 is 1.23 bits per heavy atom. The molecule has 0 N–H and O–H groups in total. The molecule has 0 aliphatic heterocycles. The Balaban J connectivity index is 1.02. The molecular weight excluding hydrogens is 689 g/mol. The topological polar surface area (TPSA) is 25.8 Å². The highest BCUT2D eigenvalue weighted by atomic mass is 14.9. The third-order valence-corrected chi connectivity index (χ3v) is 11.5. The molecule has 0 fully saturated rings. The van der Waals surface area contributed by atoms with Crippen molar-refractivity contribution in [2.24, 2.45) is 0 Å². The molecule has 0 bridgehead atoms. The Morgan fingerprint density at radius 2 is 0.667 bits per heavy atom. The van der Waals surface area contributed by atoms with Gasteiger partial charge in [0.25, 0.3) is 0 Å². The van der Waals surface area contributed by atoms with Crippen molar-refractivity contribution in [1.29, 1.82) is 0 Å². The second kappa shape index (κ2) is 14.2. The second-order valence-electron chi connectivity index (χ2n) is 15.4. The first-order valence-electron chi connectivity index (χ1n) is 19.6. The Kier molecular flexibility index (Phi) is 8.53. The molecule has 57 heavy (non-hydrogen) atoms. The number of rotatable bonds is 7. The van der Waals surface area contributed by atoms with Crippen LogP contribution in [0.5, 0.6) is 0 Å². The van der Waals surface area contributed by atoms with Gasteiger partial charge in [0.15, 0.2) is 5.82 Å². The summed E-state index contributed by atoms with van der Waals surface area (Å²) in [6.45, 7) is 4.68. The zero-order valence-electron chi connectivity index (χ0n) is 32.0. The number of benzene rings is 8. The zero-order chi connectivity index (χ0) is 38.3. The van der Waals surface area contributed by atoms with Gasteiger partial charge in [-0.2, -0.15) is 0 Å². The molecule has 8 aromatic carbocycles. The van der Waals surface area contributed by atoms with Gasteiger partial charge in [0.05, 0.1) is 11.4 Å². The highest BCUT2D eigenvalue weighted by Gasteiger charge is 2.35. The van der Waals surface area contributed by atoms with E-state index in [0.717, 1.165) is 55.9 Å². The maximum absolute atomic E-state index is 5.25. The molecule has 0 saturated heterocycles. The maximum Gasteiger partial charge on any atom is 0.160 e. The first-order chi connectivity index (χ1) is 28.0. The second-order valence-corrected chi connectivity index (χ2v) is 15.4. The van der Waals surface area contributed by atoms with Crippen LogP contribution in [0.4, 0.5) is 0 Å². The standard InChI is InChI=1S/C55H40N2/c1-55(2)50-25-10-9-24-48(50)49-31-30-44(35-51(49)55)40-28-26-39(27-29-40)42-19-12-22-46(33-42)53-36-52(45-21-11-18-41(32-45)37-14-5-3-6-15-37)56-54(57-53)47-23-13-20-43(34-47)38-16-7-4-8-17-38/h3-36H,1-2H3. The van der Waals surface area contributed by atoms with Crippen LogP contribution in [0, 0.1) is 0 Å². The van der Waals surface area contributed by atoms with Crippen molar-refractivity contribution < 1.29 is 0 Å². The van der Waals surface area contributed by atoms with Gasteiger partial charge < -0.3 is 0 Å². The minimum atomic E-state index is -0.0293. The van der Waals surface area contributed by atoms with Crippen LogP contribution >= 0.6 is 0 Å². The van der Waals surface area contributed by atoms with Crippen molar-refractivity contribution >= 4 is 0 Å². The van der Waals surface area contributed by atoms with Crippen LogP contribution in [-0.2, 0) is 5.41 Å². The lowest BCUT2D eigenvalue weighted by molar-refractivity contribution is 0.660. The quantitative estimate of drug-likeness (QED) is 0.163. The normalized spacial score (nSPS) is 12.5. The fourth-order valence-electron chi connectivity index (χ4n) is 8.43. The largest absolute Gasteiger partial charge is 0.228 e. The zero-order valence-corrected chi connectivity index (χ0v) is 32.0. The van der Waals surface area contributed by atoms with Gasteiger partial charge >= 0.3 is 0 Å². The number of nitrogens with zero attached hydrogens (tertiary/aromatic N) is 2. The Bertz CT molecular complexity index is 2810. The molecule has 10 rings (SSSR count). The molecule has 1 aromatic heterocycles. The van der Waals surface area contributed by atoms with Crippen LogP contribution in [0.1, 0.15) is 25.0 Å². The summed E-state index contributed by atoms with van der Waals surface area (Å²) in [6.07, 6.45) is 0. The van der Waals surface area contributed by atoms with Crippen molar-refractivity contribution in [1.82, 2.24) is 9.97 Å². The van der Waals surface area contributed by atoms with Crippen molar-refractivity contribution in [3.05, 3.63) is 217 Å². The SMILES string of the molecule is CC1(C)c2ccccc2-c2ccc(-c3ccc(-c4cccc(-c5cc(-c6cccc(-c7ccccc7)c6)nc(-c6cccc(-c7ccccc7)c6)n5)c4)cc3)cc21. The Morgan fingerprint density at radius 1 is 0.281 bits per heavy atom. The molecule has 1 heterocycles. The average molecular weight is 729 g/mol. The van der Waals surface area contributed by atoms with Crippen molar-refractivity contribution in [3.63, 3.8) is 0 Å². The van der Waals surface area contributed by atoms with E-state index < -0.39 is 0 Å². The minimum Gasteiger partial charge on any atom is -0.228 e. The van der Waals surface area contributed by atoms with Gasteiger partial charge in [0, 0.05) is 22.1 Å². The molecule has 0 saturated carbocycles. The van der Waals surface area contributed by atoms with Crippen LogP contribution in [0.3, 0.4) is 0 Å². The molecule has 0 atom stereocenters. The van der Waals surface area contributed by atoms with E-state index in [2.05, 4.69) is 214 Å². The lowest BCUT2D eigenvalue weighted by atomic mass is 9.81. The summed E-state index contributed by atoms with van der Waals surface area (Å²) in [6, 6.07) is 73.7. The van der Waals surface area contributed by atoms with Crippen LogP contribution in [0.25, 0.3) is 89.5 Å². The van der Waals surface area contributed by atoms with Crippen LogP contribution in [-0.4, -0.2) is 9.97 Å². The van der Waals surface area contributed by atoms with Gasteiger partial charge in [-0.05, 0) is 97.1 Å². The summed E-state index contributed by atoms with van der Waals surface area (Å²) >= 11 is 0. The molecule has 0 amide bonds. The lowest BCUT2D eigenvalue weighted by Crippen LogP contribution is -2.14. The number of hydrogen-bond donors (Lipinski definition) is 0. The molecule has 2 nitrogen and oxygen atoms in total. The fourth-order valence-corrected chi connectivity index (χ4v) is 8.43. The monoisotopic (exact) mass is 728 g/mol. The van der Waals surface area contributed by atoms with Crippen molar-refractivity contribution in [2.75, 3.05) is 0 Å². The summed E-state index contributed by atoms with van der Waals surface area (Å²) in [5.74, 6) is 0.695.